The van der Waals surface area contributed by atoms with Crippen LogP contribution in [0.15, 0.2) is 0 Å². The molecule has 1 amide bonds. The number of methoxy groups -OCH3 is 1. The number of amides is 1. The Morgan fingerprint density at radius 3 is 2.81 bits per heavy atom. The van der Waals surface area contributed by atoms with Crippen molar-refractivity contribution >= 4 is 11.9 Å². The van der Waals surface area contributed by atoms with Crippen molar-refractivity contribution in [3.63, 3.8) is 0 Å². The van der Waals surface area contributed by atoms with E-state index in [2.05, 4.69) is 5.32 Å². The van der Waals surface area contributed by atoms with Gasteiger partial charge in [0, 0.05) is 20.0 Å². The lowest BCUT2D eigenvalue weighted by atomic mass is 10.0. The maximum atomic E-state index is 11.5. The molecule has 0 aromatic heterocycles. The van der Waals surface area contributed by atoms with Gasteiger partial charge in [-0.05, 0) is 19.4 Å². The number of hydrogen-bond donors (Lipinski definition) is 1. The van der Waals surface area contributed by atoms with Gasteiger partial charge in [-0.25, -0.2) is 0 Å². The summed E-state index contributed by atoms with van der Waals surface area (Å²) in [5.74, 6) is -0.175. The van der Waals surface area contributed by atoms with Crippen LogP contribution in [-0.4, -0.2) is 50.1 Å². The summed E-state index contributed by atoms with van der Waals surface area (Å²) in [6.07, 6.45) is 3.40. The number of nitrogens with zero attached hydrogens (tertiary/aromatic N) is 1. The van der Waals surface area contributed by atoms with E-state index in [-0.39, 0.29) is 17.9 Å². The summed E-state index contributed by atoms with van der Waals surface area (Å²) in [5, 5.41) is 2.58. The smallest absolute Gasteiger partial charge is 0.323 e. The molecule has 1 aliphatic heterocycles. The molecule has 1 heterocycles. The third-order valence-corrected chi connectivity index (χ3v) is 2.99. The minimum atomic E-state index is -0.184. The van der Waals surface area contributed by atoms with Gasteiger partial charge in [0.25, 0.3) is 0 Å². The lowest BCUT2D eigenvalue weighted by Gasteiger charge is -2.33. The zero-order valence-corrected chi connectivity index (χ0v) is 9.99. The number of rotatable bonds is 4. The second-order valence-corrected chi connectivity index (χ2v) is 3.99. The van der Waals surface area contributed by atoms with Gasteiger partial charge < -0.3 is 10.1 Å². The number of carbonyl (C=O) groups excluding carboxylic acids is 2. The van der Waals surface area contributed by atoms with E-state index in [4.69, 9.17) is 4.74 Å². The molecule has 92 valence electrons. The van der Waals surface area contributed by atoms with Crippen molar-refractivity contribution in [1.82, 2.24) is 10.2 Å². The van der Waals surface area contributed by atoms with E-state index in [1.807, 2.05) is 4.90 Å². The third-order valence-electron chi connectivity index (χ3n) is 2.99. The average Bonchev–Trinajstić information content (AvgIpc) is 2.35. The van der Waals surface area contributed by atoms with Gasteiger partial charge >= 0.3 is 5.97 Å². The first-order valence-corrected chi connectivity index (χ1v) is 5.71. The van der Waals surface area contributed by atoms with Crippen LogP contribution in [0.25, 0.3) is 0 Å². The van der Waals surface area contributed by atoms with Gasteiger partial charge in [-0.3, -0.25) is 14.5 Å². The molecule has 0 aromatic carbocycles. The fourth-order valence-electron chi connectivity index (χ4n) is 2.03. The van der Waals surface area contributed by atoms with Crippen LogP contribution in [0.3, 0.4) is 0 Å². The molecule has 0 spiro atoms. The molecule has 1 unspecified atom stereocenters. The molecular formula is C11H20N2O3. The van der Waals surface area contributed by atoms with Crippen molar-refractivity contribution in [3.05, 3.63) is 0 Å². The molecule has 1 atom stereocenters. The first kappa shape index (κ1) is 13.0. The molecule has 0 aliphatic carbocycles. The number of esters is 1. The highest BCUT2D eigenvalue weighted by atomic mass is 16.5. The fourth-order valence-corrected chi connectivity index (χ4v) is 2.03. The predicted octanol–water partition coefficient (Wildman–Crippen LogP) is 0.150. The van der Waals surface area contributed by atoms with E-state index < -0.39 is 0 Å². The quantitative estimate of drug-likeness (QED) is 0.696. The van der Waals surface area contributed by atoms with Crippen LogP contribution < -0.4 is 5.32 Å². The van der Waals surface area contributed by atoms with Crippen molar-refractivity contribution in [1.29, 1.82) is 0 Å². The number of piperidine rings is 1. The largest absolute Gasteiger partial charge is 0.468 e. The van der Waals surface area contributed by atoms with Gasteiger partial charge in [0.15, 0.2) is 0 Å². The minimum absolute atomic E-state index is 0.00851. The molecule has 0 bridgehead atoms. The molecule has 5 nitrogen and oxygen atoms in total. The molecule has 1 fully saturated rings. The van der Waals surface area contributed by atoms with E-state index in [1.54, 1.807) is 7.05 Å². The van der Waals surface area contributed by atoms with Gasteiger partial charge in [0.05, 0.1) is 7.11 Å². The SMILES string of the molecule is CNC(=O)CCN1CCCCC1C(=O)OC. The Kier molecular flexibility index (Phi) is 5.25. The normalized spacial score (nSPS) is 21.5. The standard InChI is InChI=1S/C11H20N2O3/c1-12-10(14)6-8-13-7-4-3-5-9(13)11(15)16-2/h9H,3-8H2,1-2H3,(H,12,14). The van der Waals surface area contributed by atoms with Gasteiger partial charge in [0.1, 0.15) is 6.04 Å². The summed E-state index contributed by atoms with van der Waals surface area (Å²) in [6.45, 7) is 1.50. The van der Waals surface area contributed by atoms with Crippen molar-refractivity contribution in [3.8, 4) is 0 Å². The van der Waals surface area contributed by atoms with E-state index in [0.717, 1.165) is 25.8 Å². The van der Waals surface area contributed by atoms with Crippen LogP contribution in [0.1, 0.15) is 25.7 Å². The van der Waals surface area contributed by atoms with Crippen LogP contribution in [0, 0.1) is 0 Å². The van der Waals surface area contributed by atoms with Crippen LogP contribution in [-0.2, 0) is 14.3 Å². The zero-order chi connectivity index (χ0) is 12.0. The lowest BCUT2D eigenvalue weighted by molar-refractivity contribution is -0.148. The van der Waals surface area contributed by atoms with Gasteiger partial charge in [-0.1, -0.05) is 6.42 Å². The first-order valence-electron chi connectivity index (χ1n) is 5.71. The summed E-state index contributed by atoms with van der Waals surface area (Å²) in [7, 11) is 3.03. The van der Waals surface area contributed by atoms with Crippen molar-refractivity contribution in [2.75, 3.05) is 27.2 Å². The zero-order valence-electron chi connectivity index (χ0n) is 9.99. The third kappa shape index (κ3) is 3.48. The topological polar surface area (TPSA) is 58.6 Å². The number of nitrogens with one attached hydrogen (secondary N) is 1. The van der Waals surface area contributed by atoms with Crippen molar-refractivity contribution < 1.29 is 14.3 Å². The summed E-state index contributed by atoms with van der Waals surface area (Å²) < 4.78 is 4.77. The van der Waals surface area contributed by atoms with Crippen molar-refractivity contribution in [2.24, 2.45) is 0 Å². The average molecular weight is 228 g/mol. The lowest BCUT2D eigenvalue weighted by Crippen LogP contribution is -2.46. The van der Waals surface area contributed by atoms with E-state index in [9.17, 15) is 9.59 Å². The minimum Gasteiger partial charge on any atom is -0.468 e. The summed E-state index contributed by atoms with van der Waals surface area (Å²) in [4.78, 5) is 24.7. The second kappa shape index (κ2) is 6.48. The predicted molar refractivity (Wildman–Crippen MR) is 59.9 cm³/mol. The molecule has 0 radical (unpaired) electrons. The number of hydrogen-bond acceptors (Lipinski definition) is 4. The molecule has 1 saturated heterocycles. The van der Waals surface area contributed by atoms with Gasteiger partial charge in [-0.15, -0.1) is 0 Å². The molecule has 5 heteroatoms. The van der Waals surface area contributed by atoms with Crippen molar-refractivity contribution in [2.45, 2.75) is 31.7 Å². The first-order chi connectivity index (χ1) is 7.69. The highest BCUT2D eigenvalue weighted by molar-refractivity contribution is 5.77. The summed E-state index contributed by atoms with van der Waals surface area (Å²) >= 11 is 0. The second-order valence-electron chi connectivity index (χ2n) is 3.99. The number of likely N-dealkylation sites (tertiary alicyclic amines) is 1. The molecule has 1 N–H and O–H groups in total. The molecule has 0 saturated carbocycles. The van der Waals surface area contributed by atoms with Gasteiger partial charge in [-0.2, -0.15) is 0 Å². The Labute approximate surface area is 96.1 Å². The summed E-state index contributed by atoms with van der Waals surface area (Å²) in [5.41, 5.74) is 0. The molecule has 1 aliphatic rings. The summed E-state index contributed by atoms with van der Waals surface area (Å²) in [6, 6.07) is -0.164. The number of ether oxygens (including phenoxy) is 1. The maximum absolute atomic E-state index is 11.5. The molecule has 1 rings (SSSR count). The highest BCUT2D eigenvalue weighted by Crippen LogP contribution is 2.18. The van der Waals surface area contributed by atoms with Gasteiger partial charge in [0.2, 0.25) is 5.91 Å². The monoisotopic (exact) mass is 228 g/mol. The van der Waals surface area contributed by atoms with E-state index in [0.29, 0.717) is 13.0 Å². The highest BCUT2D eigenvalue weighted by Gasteiger charge is 2.29. The Bertz CT molecular complexity index is 256. The van der Waals surface area contributed by atoms with E-state index in [1.165, 1.54) is 7.11 Å². The van der Waals surface area contributed by atoms with E-state index >= 15 is 0 Å². The maximum Gasteiger partial charge on any atom is 0.323 e. The number of carbonyl (C=O) groups is 2. The Morgan fingerprint density at radius 1 is 1.44 bits per heavy atom. The Hall–Kier alpha value is -1.10. The fraction of sp³-hybridized carbons (Fsp3) is 0.818. The van der Waals surface area contributed by atoms with Crippen LogP contribution in [0.4, 0.5) is 0 Å². The molecular weight excluding hydrogens is 208 g/mol. The Morgan fingerprint density at radius 2 is 2.19 bits per heavy atom. The van der Waals surface area contributed by atoms with Crippen LogP contribution >= 0.6 is 0 Å². The van der Waals surface area contributed by atoms with Crippen LogP contribution in [0.5, 0.6) is 0 Å². The van der Waals surface area contributed by atoms with Crippen LogP contribution in [0.2, 0.25) is 0 Å². The molecule has 0 aromatic rings. The Balaban J connectivity index is 2.47. The molecule has 16 heavy (non-hydrogen) atoms.